The number of thioether (sulfide) groups is 1. The van der Waals surface area contributed by atoms with Gasteiger partial charge in [0.15, 0.2) is 0 Å². The summed E-state index contributed by atoms with van der Waals surface area (Å²) in [4.78, 5) is 7.53. The zero-order valence-corrected chi connectivity index (χ0v) is 8.85. The van der Waals surface area contributed by atoms with E-state index < -0.39 is 17.9 Å². The Balaban J connectivity index is 2.62. The number of halogens is 3. The van der Waals surface area contributed by atoms with Crippen molar-refractivity contribution in [3.63, 3.8) is 0 Å². The summed E-state index contributed by atoms with van der Waals surface area (Å²) in [7, 11) is 0. The van der Waals surface area contributed by atoms with Crippen LogP contribution in [0.3, 0.4) is 0 Å². The molecule has 1 aromatic rings. The second kappa shape index (κ2) is 5.15. The van der Waals surface area contributed by atoms with Crippen LogP contribution in [-0.4, -0.2) is 27.7 Å². The second-order valence-electron chi connectivity index (χ2n) is 2.90. The summed E-state index contributed by atoms with van der Waals surface area (Å²) >= 11 is 0.869. The smallest absolute Gasteiger partial charge is 0.387 e. The van der Waals surface area contributed by atoms with Crippen molar-refractivity contribution < 1.29 is 13.2 Å². The molecule has 0 spiro atoms. The first-order valence-electron chi connectivity index (χ1n) is 4.20. The predicted molar refractivity (Wildman–Crippen MR) is 54.2 cm³/mol. The molecule has 1 heterocycles. The van der Waals surface area contributed by atoms with Gasteiger partial charge < -0.3 is 5.73 Å². The van der Waals surface area contributed by atoms with Crippen LogP contribution < -0.4 is 5.73 Å². The first-order chi connectivity index (χ1) is 7.41. The molecule has 0 saturated heterocycles. The third-order valence-corrected chi connectivity index (χ3v) is 2.71. The van der Waals surface area contributed by atoms with Gasteiger partial charge in [-0.25, -0.2) is 4.98 Å². The van der Waals surface area contributed by atoms with E-state index in [4.69, 9.17) is 11.1 Å². The maximum Gasteiger partial charge on any atom is 0.399 e. The molecule has 0 aromatic carbocycles. The van der Waals surface area contributed by atoms with E-state index in [1.54, 1.807) is 0 Å². The number of nitrogens with zero attached hydrogens (tertiary/aromatic N) is 2. The number of hydrogen-bond acceptors (Lipinski definition) is 4. The van der Waals surface area contributed by atoms with E-state index in [0.29, 0.717) is 5.03 Å². The van der Waals surface area contributed by atoms with E-state index in [1.807, 2.05) is 0 Å². The number of amidine groups is 1. The van der Waals surface area contributed by atoms with Crippen LogP contribution in [-0.2, 0) is 0 Å². The third-order valence-electron chi connectivity index (χ3n) is 1.71. The molecule has 8 heteroatoms. The van der Waals surface area contributed by atoms with Gasteiger partial charge in [-0.15, -0.1) is 11.8 Å². The molecule has 0 aliphatic rings. The van der Waals surface area contributed by atoms with Crippen LogP contribution in [0.5, 0.6) is 0 Å². The Morgan fingerprint density at radius 1 is 1.50 bits per heavy atom. The Hall–Kier alpha value is -1.31. The lowest BCUT2D eigenvalue weighted by Gasteiger charge is -2.17. The van der Waals surface area contributed by atoms with E-state index in [9.17, 15) is 13.2 Å². The van der Waals surface area contributed by atoms with E-state index in [1.165, 1.54) is 18.6 Å². The second-order valence-corrected chi connectivity index (χ2v) is 3.94. The lowest BCUT2D eigenvalue weighted by Crippen LogP contribution is -2.37. The van der Waals surface area contributed by atoms with E-state index in [2.05, 4.69) is 9.97 Å². The summed E-state index contributed by atoms with van der Waals surface area (Å²) in [5.74, 6) is -3.19. The molecule has 4 nitrogen and oxygen atoms in total. The minimum Gasteiger partial charge on any atom is -0.387 e. The van der Waals surface area contributed by atoms with Crippen molar-refractivity contribution in [3.8, 4) is 0 Å². The highest BCUT2D eigenvalue weighted by Crippen LogP contribution is 2.30. The minimum atomic E-state index is -4.50. The Bertz CT molecular complexity index is 354. The molecule has 3 N–H and O–H groups in total. The van der Waals surface area contributed by atoms with Crippen molar-refractivity contribution in [2.45, 2.75) is 11.2 Å². The van der Waals surface area contributed by atoms with Gasteiger partial charge in [-0.3, -0.25) is 10.4 Å². The van der Waals surface area contributed by atoms with Crippen LogP contribution >= 0.6 is 11.8 Å². The Labute approximate surface area is 94.0 Å². The quantitative estimate of drug-likeness (QED) is 0.484. The van der Waals surface area contributed by atoms with Crippen molar-refractivity contribution in [3.05, 3.63) is 18.6 Å². The van der Waals surface area contributed by atoms with Crippen molar-refractivity contribution in [2.75, 3.05) is 5.75 Å². The normalized spacial score (nSPS) is 13.4. The van der Waals surface area contributed by atoms with Gasteiger partial charge in [0, 0.05) is 18.1 Å². The number of nitrogens with one attached hydrogen (secondary N) is 1. The Morgan fingerprint density at radius 2 is 2.19 bits per heavy atom. The molecule has 16 heavy (non-hydrogen) atoms. The molecule has 1 aromatic heterocycles. The largest absolute Gasteiger partial charge is 0.399 e. The molecular weight excluding hydrogens is 241 g/mol. The first kappa shape index (κ1) is 12.8. The fourth-order valence-corrected chi connectivity index (χ4v) is 1.87. The maximum atomic E-state index is 12.4. The SMILES string of the molecule is N=C(N)C(CSc1cnccn1)C(F)(F)F. The molecule has 0 bridgehead atoms. The maximum absolute atomic E-state index is 12.4. The van der Waals surface area contributed by atoms with Gasteiger partial charge in [-0.05, 0) is 0 Å². The summed E-state index contributed by atoms with van der Waals surface area (Å²) in [6.45, 7) is 0. The van der Waals surface area contributed by atoms with Gasteiger partial charge >= 0.3 is 6.18 Å². The number of rotatable bonds is 4. The number of nitrogens with two attached hydrogens (primary N) is 1. The van der Waals surface area contributed by atoms with E-state index >= 15 is 0 Å². The van der Waals surface area contributed by atoms with Crippen LogP contribution in [0.2, 0.25) is 0 Å². The van der Waals surface area contributed by atoms with Gasteiger partial charge in [0.2, 0.25) is 0 Å². The summed E-state index contributed by atoms with van der Waals surface area (Å²) in [6.07, 6.45) is -0.325. The van der Waals surface area contributed by atoms with Crippen LogP contribution in [0.15, 0.2) is 23.6 Å². The highest BCUT2D eigenvalue weighted by atomic mass is 32.2. The Kier molecular flexibility index (Phi) is 4.11. The van der Waals surface area contributed by atoms with Gasteiger partial charge in [0.05, 0.1) is 6.20 Å². The molecule has 0 aliphatic carbocycles. The number of hydrogen-bond donors (Lipinski definition) is 2. The molecule has 1 atom stereocenters. The molecule has 0 fully saturated rings. The van der Waals surface area contributed by atoms with Crippen LogP contribution in [0.25, 0.3) is 0 Å². The van der Waals surface area contributed by atoms with Gasteiger partial charge in [-0.1, -0.05) is 0 Å². The lowest BCUT2D eigenvalue weighted by molar-refractivity contribution is -0.149. The van der Waals surface area contributed by atoms with Gasteiger partial charge in [0.1, 0.15) is 16.8 Å². The predicted octanol–water partition coefficient (Wildman–Crippen LogP) is 1.68. The third kappa shape index (κ3) is 3.69. The highest BCUT2D eigenvalue weighted by molar-refractivity contribution is 7.99. The summed E-state index contributed by atoms with van der Waals surface area (Å²) in [5, 5.41) is 7.25. The number of alkyl halides is 3. The van der Waals surface area contributed by atoms with E-state index in [0.717, 1.165) is 11.8 Å². The van der Waals surface area contributed by atoms with Crippen molar-refractivity contribution in [2.24, 2.45) is 11.7 Å². The molecule has 0 radical (unpaired) electrons. The Morgan fingerprint density at radius 3 is 2.62 bits per heavy atom. The van der Waals surface area contributed by atoms with Crippen LogP contribution in [0.1, 0.15) is 0 Å². The molecule has 1 unspecified atom stereocenters. The van der Waals surface area contributed by atoms with Gasteiger partial charge in [0.25, 0.3) is 0 Å². The standard InChI is InChI=1S/C8H9F3N4S/c9-8(10,11)5(7(12)13)4-16-6-3-14-1-2-15-6/h1-3,5H,4H2,(H3,12,13). The topological polar surface area (TPSA) is 75.7 Å². The first-order valence-corrected chi connectivity index (χ1v) is 5.19. The zero-order valence-electron chi connectivity index (χ0n) is 8.03. The minimum absolute atomic E-state index is 0.364. The fraction of sp³-hybridized carbons (Fsp3) is 0.375. The summed E-state index contributed by atoms with van der Waals surface area (Å²) in [5.41, 5.74) is 4.90. The fourth-order valence-electron chi connectivity index (χ4n) is 0.889. The van der Waals surface area contributed by atoms with E-state index in [-0.39, 0.29) is 5.75 Å². The molecule has 0 aliphatic heterocycles. The molecular formula is C8H9F3N4S. The van der Waals surface area contributed by atoms with Crippen LogP contribution in [0.4, 0.5) is 13.2 Å². The molecule has 0 amide bonds. The van der Waals surface area contributed by atoms with Crippen molar-refractivity contribution in [1.29, 1.82) is 5.41 Å². The zero-order chi connectivity index (χ0) is 12.2. The average molecular weight is 250 g/mol. The molecule has 88 valence electrons. The summed E-state index contributed by atoms with van der Waals surface area (Å²) in [6, 6.07) is 0. The molecule has 1 rings (SSSR count). The lowest BCUT2D eigenvalue weighted by atomic mass is 10.1. The average Bonchev–Trinajstić information content (AvgIpc) is 2.17. The van der Waals surface area contributed by atoms with Gasteiger partial charge in [-0.2, -0.15) is 13.2 Å². The highest BCUT2D eigenvalue weighted by Gasteiger charge is 2.41. The molecule has 0 saturated carbocycles. The number of aromatic nitrogens is 2. The monoisotopic (exact) mass is 250 g/mol. The van der Waals surface area contributed by atoms with Crippen molar-refractivity contribution >= 4 is 17.6 Å². The summed E-state index contributed by atoms with van der Waals surface area (Å²) < 4.78 is 37.2. The van der Waals surface area contributed by atoms with Crippen LogP contribution in [0, 0.1) is 11.3 Å². The van der Waals surface area contributed by atoms with Crippen molar-refractivity contribution in [1.82, 2.24) is 9.97 Å².